The van der Waals surface area contributed by atoms with E-state index in [1.54, 1.807) is 0 Å². The molecule has 0 aromatic rings. The third-order valence-corrected chi connectivity index (χ3v) is 4.11. The number of carbonyl (C=O) groups excluding carboxylic acids is 1. The van der Waals surface area contributed by atoms with Gasteiger partial charge in [0, 0.05) is 5.92 Å². The molecule has 2 heteroatoms. The van der Waals surface area contributed by atoms with Crippen LogP contribution in [0.2, 0.25) is 0 Å². The summed E-state index contributed by atoms with van der Waals surface area (Å²) < 4.78 is 5.46. The van der Waals surface area contributed by atoms with Gasteiger partial charge in [-0.3, -0.25) is 4.79 Å². The van der Waals surface area contributed by atoms with E-state index in [0.29, 0.717) is 12.3 Å². The number of hydrogen-bond donors (Lipinski definition) is 0. The van der Waals surface area contributed by atoms with Crippen LogP contribution < -0.4 is 0 Å². The SMILES string of the molecule is C=C[C@]1(C)CCC[C@@]2(C)OC(=O)C[C@@H]21. The van der Waals surface area contributed by atoms with Crippen LogP contribution in [0.15, 0.2) is 12.7 Å². The third-order valence-electron chi connectivity index (χ3n) is 4.11. The first-order valence-corrected chi connectivity index (χ1v) is 5.36. The van der Waals surface area contributed by atoms with Gasteiger partial charge in [0.25, 0.3) is 0 Å². The third kappa shape index (κ3) is 1.20. The van der Waals surface area contributed by atoms with Crippen molar-refractivity contribution in [2.24, 2.45) is 11.3 Å². The summed E-state index contributed by atoms with van der Waals surface area (Å²) in [5.74, 6) is 0.293. The fourth-order valence-electron chi connectivity index (χ4n) is 3.15. The maximum atomic E-state index is 11.4. The second-order valence-electron chi connectivity index (χ2n) is 5.11. The zero-order valence-corrected chi connectivity index (χ0v) is 9.01. The molecular weight excluding hydrogens is 176 g/mol. The van der Waals surface area contributed by atoms with Crippen molar-refractivity contribution in [2.45, 2.75) is 45.1 Å². The maximum Gasteiger partial charge on any atom is 0.306 e. The van der Waals surface area contributed by atoms with Crippen molar-refractivity contribution in [2.75, 3.05) is 0 Å². The van der Waals surface area contributed by atoms with Gasteiger partial charge >= 0.3 is 5.97 Å². The van der Waals surface area contributed by atoms with Gasteiger partial charge in [-0.15, -0.1) is 6.58 Å². The molecule has 78 valence electrons. The van der Waals surface area contributed by atoms with Gasteiger partial charge in [0.15, 0.2) is 0 Å². The van der Waals surface area contributed by atoms with Crippen LogP contribution >= 0.6 is 0 Å². The number of rotatable bonds is 1. The molecule has 0 unspecified atom stereocenters. The van der Waals surface area contributed by atoms with Gasteiger partial charge in [0.05, 0.1) is 6.42 Å². The van der Waals surface area contributed by atoms with Crippen LogP contribution in [-0.4, -0.2) is 11.6 Å². The lowest BCUT2D eigenvalue weighted by molar-refractivity contribution is -0.151. The molecule has 14 heavy (non-hydrogen) atoms. The van der Waals surface area contributed by atoms with Gasteiger partial charge in [-0.05, 0) is 31.6 Å². The van der Waals surface area contributed by atoms with Crippen LogP contribution in [-0.2, 0) is 9.53 Å². The van der Waals surface area contributed by atoms with E-state index >= 15 is 0 Å². The molecule has 0 spiro atoms. The van der Waals surface area contributed by atoms with E-state index in [0.717, 1.165) is 19.3 Å². The predicted octanol–water partition coefficient (Wildman–Crippen LogP) is 2.68. The highest BCUT2D eigenvalue weighted by Gasteiger charge is 2.54. The molecular formula is C12H18O2. The van der Waals surface area contributed by atoms with Gasteiger partial charge in [-0.25, -0.2) is 0 Å². The number of hydrogen-bond acceptors (Lipinski definition) is 2. The van der Waals surface area contributed by atoms with Gasteiger partial charge < -0.3 is 4.74 Å². The number of allylic oxidation sites excluding steroid dienone is 1. The summed E-state index contributed by atoms with van der Waals surface area (Å²) in [6, 6.07) is 0. The van der Waals surface area contributed by atoms with E-state index in [1.807, 2.05) is 6.08 Å². The van der Waals surface area contributed by atoms with Gasteiger partial charge in [-0.2, -0.15) is 0 Å². The van der Waals surface area contributed by atoms with Crippen molar-refractivity contribution in [3.8, 4) is 0 Å². The maximum absolute atomic E-state index is 11.4. The number of esters is 1. The Labute approximate surface area is 85.3 Å². The standard InChI is InChI=1S/C12H18O2/c1-4-11(2)6-5-7-12(3)9(11)8-10(13)14-12/h4,9H,1,5-8H2,2-3H3/t9-,11-,12-/m1/s1. The molecule has 0 aromatic carbocycles. The molecule has 0 N–H and O–H groups in total. The summed E-state index contributed by atoms with van der Waals surface area (Å²) in [5, 5.41) is 0. The van der Waals surface area contributed by atoms with Gasteiger partial charge in [0.1, 0.15) is 5.60 Å². The first-order valence-electron chi connectivity index (χ1n) is 5.36. The first kappa shape index (κ1) is 9.75. The molecule has 2 aliphatic rings. The van der Waals surface area contributed by atoms with E-state index < -0.39 is 0 Å². The summed E-state index contributed by atoms with van der Waals surface area (Å²) in [7, 11) is 0. The highest BCUT2D eigenvalue weighted by molar-refractivity contribution is 5.73. The van der Waals surface area contributed by atoms with Crippen LogP contribution in [0.1, 0.15) is 39.5 Å². The molecule has 0 aromatic heterocycles. The quantitative estimate of drug-likeness (QED) is 0.474. The van der Waals surface area contributed by atoms with E-state index in [-0.39, 0.29) is 17.0 Å². The number of ether oxygens (including phenoxy) is 1. The van der Waals surface area contributed by atoms with E-state index in [9.17, 15) is 4.79 Å². The lowest BCUT2D eigenvalue weighted by Gasteiger charge is -2.45. The Bertz CT molecular complexity index is 284. The molecule has 2 fully saturated rings. The second-order valence-corrected chi connectivity index (χ2v) is 5.11. The normalized spacial score (nSPS) is 47.0. The largest absolute Gasteiger partial charge is 0.459 e. The summed E-state index contributed by atoms with van der Waals surface area (Å²) in [6.45, 7) is 8.18. The van der Waals surface area contributed by atoms with Crippen molar-refractivity contribution in [3.63, 3.8) is 0 Å². The topological polar surface area (TPSA) is 26.3 Å². The Kier molecular flexibility index (Phi) is 1.98. The molecule has 3 atom stereocenters. The minimum absolute atomic E-state index is 0.0347. The molecule has 1 saturated carbocycles. The summed E-state index contributed by atoms with van der Waals surface area (Å²) >= 11 is 0. The Hall–Kier alpha value is -0.790. The smallest absolute Gasteiger partial charge is 0.306 e. The summed E-state index contributed by atoms with van der Waals surface area (Å²) in [4.78, 5) is 11.4. The van der Waals surface area contributed by atoms with Crippen molar-refractivity contribution in [3.05, 3.63) is 12.7 Å². The summed E-state index contributed by atoms with van der Waals surface area (Å²) in [5.41, 5.74) is -0.141. The average Bonchev–Trinajstić information content (AvgIpc) is 2.42. The van der Waals surface area contributed by atoms with E-state index in [2.05, 4.69) is 20.4 Å². The molecule has 0 radical (unpaired) electrons. The van der Waals surface area contributed by atoms with Crippen LogP contribution in [0.3, 0.4) is 0 Å². The molecule has 0 amide bonds. The fourth-order valence-corrected chi connectivity index (χ4v) is 3.15. The molecule has 1 saturated heterocycles. The van der Waals surface area contributed by atoms with Crippen molar-refractivity contribution in [1.82, 2.24) is 0 Å². The lowest BCUT2D eigenvalue weighted by Crippen LogP contribution is -2.44. The van der Waals surface area contributed by atoms with Crippen LogP contribution in [0.4, 0.5) is 0 Å². The molecule has 2 nitrogen and oxygen atoms in total. The Balaban J connectivity index is 2.34. The predicted molar refractivity (Wildman–Crippen MR) is 54.8 cm³/mol. The molecule has 0 bridgehead atoms. The van der Waals surface area contributed by atoms with E-state index in [1.165, 1.54) is 0 Å². The Morgan fingerprint density at radius 1 is 1.50 bits per heavy atom. The highest BCUT2D eigenvalue weighted by atomic mass is 16.6. The highest BCUT2D eigenvalue weighted by Crippen LogP contribution is 2.53. The van der Waals surface area contributed by atoms with E-state index in [4.69, 9.17) is 4.74 Å². The Morgan fingerprint density at radius 2 is 2.21 bits per heavy atom. The number of carbonyl (C=O) groups is 1. The van der Waals surface area contributed by atoms with Gasteiger partial charge in [-0.1, -0.05) is 13.0 Å². The second kappa shape index (κ2) is 2.85. The van der Waals surface area contributed by atoms with Gasteiger partial charge in [0.2, 0.25) is 0 Å². The van der Waals surface area contributed by atoms with Crippen LogP contribution in [0.25, 0.3) is 0 Å². The van der Waals surface area contributed by atoms with Crippen LogP contribution in [0.5, 0.6) is 0 Å². The van der Waals surface area contributed by atoms with Crippen molar-refractivity contribution in [1.29, 1.82) is 0 Å². The fraction of sp³-hybridized carbons (Fsp3) is 0.750. The number of fused-ring (bicyclic) bond motifs is 1. The molecule has 1 aliphatic heterocycles. The van der Waals surface area contributed by atoms with Crippen molar-refractivity contribution >= 4 is 5.97 Å². The van der Waals surface area contributed by atoms with Crippen molar-refractivity contribution < 1.29 is 9.53 Å². The zero-order valence-electron chi connectivity index (χ0n) is 9.01. The minimum atomic E-state index is -0.224. The molecule has 1 aliphatic carbocycles. The average molecular weight is 194 g/mol. The van der Waals surface area contributed by atoms with Crippen LogP contribution in [0, 0.1) is 11.3 Å². The molecule has 2 rings (SSSR count). The first-order chi connectivity index (χ1) is 6.50. The summed E-state index contributed by atoms with van der Waals surface area (Å²) in [6.07, 6.45) is 5.85. The monoisotopic (exact) mass is 194 g/mol. The zero-order chi connectivity index (χ0) is 10.4. The molecule has 1 heterocycles. The minimum Gasteiger partial charge on any atom is -0.459 e. The lowest BCUT2D eigenvalue weighted by atomic mass is 9.61. The Morgan fingerprint density at radius 3 is 2.86 bits per heavy atom.